The molecule has 28 heavy (non-hydrogen) atoms. The highest BCUT2D eigenvalue weighted by Gasteiger charge is 2.40. The first-order chi connectivity index (χ1) is 12.8. The van der Waals surface area contributed by atoms with Gasteiger partial charge in [0.05, 0.1) is 0 Å². The number of rotatable bonds is 7. The third kappa shape index (κ3) is 6.51. The molecule has 3 N–H and O–H groups in total. The minimum absolute atomic E-state index is 0.107. The number of hydrogen-bond acceptors (Lipinski definition) is 7. The van der Waals surface area contributed by atoms with Crippen molar-refractivity contribution in [1.82, 2.24) is 21.0 Å². The van der Waals surface area contributed by atoms with Crippen molar-refractivity contribution in [2.24, 2.45) is 0 Å². The lowest BCUT2D eigenvalue weighted by molar-refractivity contribution is -0.196. The average molecular weight is 410 g/mol. The molecule has 11 nitrogen and oxygen atoms in total. The molecule has 1 rings (SSSR count). The van der Waals surface area contributed by atoms with Crippen molar-refractivity contribution in [1.29, 1.82) is 0 Å². The van der Waals surface area contributed by atoms with Crippen LogP contribution in [0.5, 0.6) is 0 Å². The number of amides is 5. The summed E-state index contributed by atoms with van der Waals surface area (Å²) in [5.74, 6) is -6.84. The Balaban J connectivity index is 2.42. The van der Waals surface area contributed by atoms with E-state index in [9.17, 15) is 41.9 Å². The number of carbonyl (C=O) groups is 6. The average Bonchev–Trinajstić information content (AvgIpc) is 2.90. The lowest BCUT2D eigenvalue weighted by Gasteiger charge is -2.19. The second-order valence-electron chi connectivity index (χ2n) is 5.69. The monoisotopic (exact) mass is 410 g/mol. The van der Waals surface area contributed by atoms with Crippen LogP contribution in [0.3, 0.4) is 0 Å². The van der Waals surface area contributed by atoms with Crippen molar-refractivity contribution in [3.05, 3.63) is 0 Å². The van der Waals surface area contributed by atoms with E-state index in [4.69, 9.17) is 0 Å². The Morgan fingerprint density at radius 1 is 1.00 bits per heavy atom. The molecule has 1 fully saturated rings. The number of hydrogen-bond donors (Lipinski definition) is 3. The summed E-state index contributed by atoms with van der Waals surface area (Å²) in [6.07, 6.45) is -5.38. The van der Waals surface area contributed by atoms with Crippen LogP contribution in [-0.2, 0) is 33.6 Å². The summed E-state index contributed by atoms with van der Waals surface area (Å²) in [5, 5.41) is 5.79. The third-order valence-corrected chi connectivity index (χ3v) is 3.36. The summed E-state index contributed by atoms with van der Waals surface area (Å²) < 4.78 is 36.4. The number of alkyl halides is 3. The van der Waals surface area contributed by atoms with Crippen molar-refractivity contribution >= 4 is 35.5 Å². The zero-order valence-electron chi connectivity index (χ0n) is 14.7. The summed E-state index contributed by atoms with van der Waals surface area (Å²) in [4.78, 5) is 72.9. The van der Waals surface area contributed by atoms with Gasteiger partial charge in [-0.05, 0) is 13.8 Å². The largest absolute Gasteiger partial charge is 0.471 e. The maximum atomic E-state index is 12.1. The Morgan fingerprint density at radius 3 is 2.00 bits per heavy atom. The van der Waals surface area contributed by atoms with Gasteiger partial charge in [-0.15, -0.1) is 5.06 Å². The topological polar surface area (TPSA) is 151 Å². The number of imide groups is 1. The Morgan fingerprint density at radius 2 is 1.50 bits per heavy atom. The molecule has 156 valence electrons. The van der Waals surface area contributed by atoms with Crippen LogP contribution in [0.4, 0.5) is 13.2 Å². The van der Waals surface area contributed by atoms with E-state index in [2.05, 4.69) is 10.2 Å². The fraction of sp³-hybridized carbons (Fsp3) is 0.571. The first-order valence-electron chi connectivity index (χ1n) is 7.85. The molecule has 0 unspecified atom stereocenters. The molecule has 0 aliphatic carbocycles. The molecule has 1 aliphatic rings. The molecule has 1 saturated heterocycles. The maximum absolute atomic E-state index is 12.1. The van der Waals surface area contributed by atoms with Crippen LogP contribution in [0.2, 0.25) is 0 Å². The summed E-state index contributed by atoms with van der Waals surface area (Å²) in [5.41, 5.74) is 0. The van der Waals surface area contributed by atoms with Crippen LogP contribution in [0.15, 0.2) is 0 Å². The number of nitrogens with zero attached hydrogens (tertiary/aromatic N) is 1. The normalized spacial score (nSPS) is 16.2. The summed E-state index contributed by atoms with van der Waals surface area (Å²) >= 11 is 0. The SMILES string of the molecule is C[C@H](NC(=O)[C@H](C)NC(=O)C(F)(F)F)C(=O)NCC(=O)ON1C(=O)CCC1=O. The van der Waals surface area contributed by atoms with Gasteiger partial charge in [-0.3, -0.25) is 24.0 Å². The Hall–Kier alpha value is -3.19. The Bertz CT molecular complexity index is 679. The van der Waals surface area contributed by atoms with Gasteiger partial charge in [0.1, 0.15) is 18.6 Å². The molecular weight excluding hydrogens is 393 g/mol. The smallest absolute Gasteiger partial charge is 0.343 e. The van der Waals surface area contributed by atoms with Gasteiger partial charge in [0.15, 0.2) is 0 Å². The summed E-state index contributed by atoms with van der Waals surface area (Å²) in [6.45, 7) is 1.41. The molecule has 0 bridgehead atoms. The zero-order valence-corrected chi connectivity index (χ0v) is 14.7. The quantitative estimate of drug-likeness (QED) is 0.423. The van der Waals surface area contributed by atoms with E-state index in [1.54, 1.807) is 0 Å². The van der Waals surface area contributed by atoms with Gasteiger partial charge < -0.3 is 20.8 Å². The fourth-order valence-electron chi connectivity index (χ4n) is 1.85. The molecule has 0 saturated carbocycles. The van der Waals surface area contributed by atoms with Crippen LogP contribution in [0, 0.1) is 0 Å². The summed E-state index contributed by atoms with van der Waals surface area (Å²) in [6, 6.07) is -2.86. The lowest BCUT2D eigenvalue weighted by Crippen LogP contribution is -2.53. The standard InChI is InChI=1S/C14H17F3N4O7/c1-6(19-12(26)7(2)20-13(27)14(15,16)17)11(25)18-5-10(24)28-21-8(22)3-4-9(21)23/h6-7H,3-5H2,1-2H3,(H,18,25)(H,19,26)(H,20,27)/t6-,7-/m0/s1. The van der Waals surface area contributed by atoms with E-state index >= 15 is 0 Å². The second-order valence-corrected chi connectivity index (χ2v) is 5.69. The summed E-state index contributed by atoms with van der Waals surface area (Å²) in [7, 11) is 0. The van der Waals surface area contributed by atoms with E-state index in [-0.39, 0.29) is 17.9 Å². The van der Waals surface area contributed by atoms with Gasteiger partial charge in [0, 0.05) is 12.8 Å². The van der Waals surface area contributed by atoms with Gasteiger partial charge in [-0.2, -0.15) is 13.2 Å². The van der Waals surface area contributed by atoms with Crippen LogP contribution in [0.1, 0.15) is 26.7 Å². The molecule has 0 aromatic rings. The third-order valence-electron chi connectivity index (χ3n) is 3.36. The van der Waals surface area contributed by atoms with E-state index in [1.807, 2.05) is 5.32 Å². The van der Waals surface area contributed by atoms with Crippen molar-refractivity contribution in [2.75, 3.05) is 6.54 Å². The van der Waals surface area contributed by atoms with Crippen LogP contribution >= 0.6 is 0 Å². The van der Waals surface area contributed by atoms with E-state index in [0.717, 1.165) is 6.92 Å². The Kier molecular flexibility index (Phi) is 7.46. The van der Waals surface area contributed by atoms with Gasteiger partial charge >= 0.3 is 18.1 Å². The Labute approximate surface area is 155 Å². The van der Waals surface area contributed by atoms with Crippen molar-refractivity contribution in [3.63, 3.8) is 0 Å². The number of hydroxylamine groups is 2. The predicted octanol–water partition coefficient (Wildman–Crippen LogP) is -1.72. The van der Waals surface area contributed by atoms with E-state index in [0.29, 0.717) is 0 Å². The molecule has 1 aliphatic heterocycles. The van der Waals surface area contributed by atoms with Crippen LogP contribution in [0.25, 0.3) is 0 Å². The molecule has 0 spiro atoms. The van der Waals surface area contributed by atoms with Gasteiger partial charge in [-0.25, -0.2) is 4.79 Å². The molecule has 5 amide bonds. The zero-order chi connectivity index (χ0) is 21.6. The van der Waals surface area contributed by atoms with Crippen molar-refractivity contribution in [2.45, 2.75) is 44.9 Å². The number of halogens is 3. The molecule has 0 radical (unpaired) electrons. The first kappa shape index (κ1) is 22.9. The van der Waals surface area contributed by atoms with Crippen LogP contribution in [-0.4, -0.2) is 65.4 Å². The highest BCUT2D eigenvalue weighted by atomic mass is 19.4. The predicted molar refractivity (Wildman–Crippen MR) is 81.5 cm³/mol. The number of nitrogens with one attached hydrogen (secondary N) is 3. The lowest BCUT2D eigenvalue weighted by atomic mass is 10.2. The minimum atomic E-state index is -5.17. The van der Waals surface area contributed by atoms with E-state index in [1.165, 1.54) is 12.2 Å². The van der Waals surface area contributed by atoms with Gasteiger partial charge in [0.2, 0.25) is 11.8 Å². The highest BCUT2D eigenvalue weighted by Crippen LogP contribution is 2.14. The molecule has 0 aromatic heterocycles. The van der Waals surface area contributed by atoms with Crippen molar-refractivity contribution < 1.29 is 46.8 Å². The molecule has 0 aromatic carbocycles. The van der Waals surface area contributed by atoms with Gasteiger partial charge in [0.25, 0.3) is 11.8 Å². The fourth-order valence-corrected chi connectivity index (χ4v) is 1.85. The van der Waals surface area contributed by atoms with Gasteiger partial charge in [-0.1, -0.05) is 0 Å². The first-order valence-corrected chi connectivity index (χ1v) is 7.85. The molecule has 1 heterocycles. The van der Waals surface area contributed by atoms with E-state index < -0.39 is 60.3 Å². The molecule has 14 heteroatoms. The maximum Gasteiger partial charge on any atom is 0.471 e. The highest BCUT2D eigenvalue weighted by molar-refractivity contribution is 6.01. The second kappa shape index (κ2) is 9.14. The van der Waals surface area contributed by atoms with Crippen LogP contribution < -0.4 is 16.0 Å². The minimum Gasteiger partial charge on any atom is -0.343 e. The molecule has 2 atom stereocenters. The van der Waals surface area contributed by atoms with Crippen molar-refractivity contribution in [3.8, 4) is 0 Å². The molecular formula is C14H17F3N4O7. The number of carbonyl (C=O) groups excluding carboxylic acids is 6.